The summed E-state index contributed by atoms with van der Waals surface area (Å²) in [5, 5.41) is 0.142. The molecule has 9 heteroatoms. The first-order valence-electron chi connectivity index (χ1n) is 6.59. The molecule has 0 radical (unpaired) electrons. The van der Waals surface area contributed by atoms with E-state index in [-0.39, 0.29) is 21.7 Å². The zero-order valence-electron chi connectivity index (χ0n) is 11.9. The quantitative estimate of drug-likeness (QED) is 0.783. The number of alkyl halides is 3. The fraction of sp³-hybridized carbons (Fsp3) is 0.538. The summed E-state index contributed by atoms with van der Waals surface area (Å²) in [4.78, 5) is 19.6. The number of pyridine rings is 1. The van der Waals surface area contributed by atoms with Crippen molar-refractivity contribution in [3.8, 4) is 0 Å². The molecule has 0 atom stereocenters. The van der Waals surface area contributed by atoms with Gasteiger partial charge in [-0.1, -0.05) is 23.4 Å². The summed E-state index contributed by atoms with van der Waals surface area (Å²) in [5.74, 6) is 0.0535. The number of amides is 1. The van der Waals surface area contributed by atoms with Crippen molar-refractivity contribution in [3.63, 3.8) is 0 Å². The monoisotopic (exact) mass is 353 g/mol. The predicted octanol–water partition coefficient (Wildman–Crippen LogP) is 2.62. The maximum Gasteiger partial charge on any atom is 0.417 e. The van der Waals surface area contributed by atoms with Gasteiger partial charge in [-0.25, -0.2) is 4.98 Å². The highest BCUT2D eigenvalue weighted by Gasteiger charge is 2.31. The van der Waals surface area contributed by atoms with Crippen LogP contribution in [0.25, 0.3) is 0 Å². The Balaban J connectivity index is 1.93. The third-order valence-electron chi connectivity index (χ3n) is 3.32. The molecular formula is C13H15ClF3N3OS. The molecule has 1 aliphatic heterocycles. The third-order valence-corrected chi connectivity index (χ3v) is 4.71. The molecule has 1 amide bonds. The number of halogens is 4. The van der Waals surface area contributed by atoms with Crippen LogP contribution in [0, 0.1) is 0 Å². The van der Waals surface area contributed by atoms with Gasteiger partial charge >= 0.3 is 6.18 Å². The average molecular weight is 354 g/mol. The van der Waals surface area contributed by atoms with E-state index in [1.807, 2.05) is 7.05 Å². The van der Waals surface area contributed by atoms with Crippen LogP contribution in [0.2, 0.25) is 5.02 Å². The Morgan fingerprint density at radius 3 is 2.55 bits per heavy atom. The number of carbonyl (C=O) groups excluding carboxylic acids is 1. The fourth-order valence-electron chi connectivity index (χ4n) is 1.96. The minimum Gasteiger partial charge on any atom is -0.339 e. The van der Waals surface area contributed by atoms with Gasteiger partial charge in [0.1, 0.15) is 5.03 Å². The van der Waals surface area contributed by atoms with E-state index in [1.165, 1.54) is 0 Å². The zero-order chi connectivity index (χ0) is 16.3. The second kappa shape index (κ2) is 7.06. The lowest BCUT2D eigenvalue weighted by atomic mass is 10.3. The number of likely N-dealkylation sites (N-methyl/N-ethyl adjacent to an activating group) is 1. The average Bonchev–Trinajstić information content (AvgIpc) is 2.45. The molecule has 4 nitrogen and oxygen atoms in total. The Morgan fingerprint density at radius 1 is 1.36 bits per heavy atom. The van der Waals surface area contributed by atoms with Gasteiger partial charge < -0.3 is 9.80 Å². The number of nitrogens with zero attached hydrogens (tertiary/aromatic N) is 3. The first kappa shape index (κ1) is 17.4. The van der Waals surface area contributed by atoms with Gasteiger partial charge in [0.2, 0.25) is 5.91 Å². The summed E-state index contributed by atoms with van der Waals surface area (Å²) in [6, 6.07) is 0.831. The second-order valence-electron chi connectivity index (χ2n) is 4.98. The van der Waals surface area contributed by atoms with Crippen molar-refractivity contribution in [2.75, 3.05) is 39.0 Å². The number of piperazine rings is 1. The van der Waals surface area contributed by atoms with Crippen molar-refractivity contribution in [1.29, 1.82) is 0 Å². The minimum absolute atomic E-state index is 0.0594. The lowest BCUT2D eigenvalue weighted by Gasteiger charge is -2.32. The molecule has 0 aliphatic carbocycles. The highest BCUT2D eigenvalue weighted by atomic mass is 35.5. The normalized spacial score (nSPS) is 16.9. The summed E-state index contributed by atoms with van der Waals surface area (Å²) in [6.07, 6.45) is -3.75. The van der Waals surface area contributed by atoms with E-state index in [9.17, 15) is 18.0 Å². The molecule has 0 bridgehead atoms. The highest BCUT2D eigenvalue weighted by molar-refractivity contribution is 8.00. The molecule has 2 heterocycles. The van der Waals surface area contributed by atoms with Crippen LogP contribution in [0.4, 0.5) is 13.2 Å². The molecular weight excluding hydrogens is 339 g/mol. The zero-order valence-corrected chi connectivity index (χ0v) is 13.4. The smallest absolute Gasteiger partial charge is 0.339 e. The Bertz CT molecular complexity index is 548. The summed E-state index contributed by atoms with van der Waals surface area (Å²) in [5.41, 5.74) is -0.896. The van der Waals surface area contributed by atoms with Crippen molar-refractivity contribution in [3.05, 3.63) is 22.8 Å². The summed E-state index contributed by atoms with van der Waals surface area (Å²) in [6.45, 7) is 2.94. The van der Waals surface area contributed by atoms with Gasteiger partial charge in [0.15, 0.2) is 0 Å². The standard InChI is InChI=1S/C13H15ClF3N3OS/c1-19-2-4-20(5-3-19)11(21)8-22-12-10(14)6-9(7-18-12)13(15,16)17/h6-7H,2-5,8H2,1H3. The Kier molecular flexibility index (Phi) is 5.57. The molecule has 1 aliphatic rings. The summed E-state index contributed by atoms with van der Waals surface area (Å²) in [7, 11) is 1.99. The van der Waals surface area contributed by atoms with E-state index in [1.54, 1.807) is 4.90 Å². The predicted molar refractivity (Wildman–Crippen MR) is 79.1 cm³/mol. The molecule has 1 fully saturated rings. The largest absolute Gasteiger partial charge is 0.417 e. The number of aromatic nitrogens is 1. The number of hydrogen-bond acceptors (Lipinski definition) is 4. The van der Waals surface area contributed by atoms with Gasteiger partial charge in [0, 0.05) is 32.4 Å². The van der Waals surface area contributed by atoms with Gasteiger partial charge in [0.05, 0.1) is 16.3 Å². The van der Waals surface area contributed by atoms with E-state index in [0.717, 1.165) is 37.1 Å². The molecule has 122 valence electrons. The van der Waals surface area contributed by atoms with Crippen LogP contribution >= 0.6 is 23.4 Å². The van der Waals surface area contributed by atoms with Gasteiger partial charge in [-0.15, -0.1) is 0 Å². The van der Waals surface area contributed by atoms with E-state index in [2.05, 4.69) is 9.88 Å². The lowest BCUT2D eigenvalue weighted by molar-refractivity contribution is -0.138. The van der Waals surface area contributed by atoms with Crippen molar-refractivity contribution in [2.45, 2.75) is 11.2 Å². The SMILES string of the molecule is CN1CCN(C(=O)CSc2ncc(C(F)(F)F)cc2Cl)CC1. The van der Waals surface area contributed by atoms with Crippen molar-refractivity contribution in [2.24, 2.45) is 0 Å². The number of carbonyl (C=O) groups is 1. The number of hydrogen-bond donors (Lipinski definition) is 0. The molecule has 0 N–H and O–H groups in total. The van der Waals surface area contributed by atoms with E-state index < -0.39 is 11.7 Å². The molecule has 0 spiro atoms. The second-order valence-corrected chi connectivity index (χ2v) is 6.35. The van der Waals surface area contributed by atoms with Crippen LogP contribution in [0.3, 0.4) is 0 Å². The Morgan fingerprint density at radius 2 is 2.00 bits per heavy atom. The van der Waals surface area contributed by atoms with Crippen LogP contribution in [-0.4, -0.2) is 59.7 Å². The molecule has 0 unspecified atom stereocenters. The Labute approximate surface area is 135 Å². The molecule has 1 saturated heterocycles. The van der Waals surface area contributed by atoms with Gasteiger partial charge in [-0.2, -0.15) is 13.2 Å². The fourth-order valence-corrected chi connectivity index (χ4v) is 3.06. The molecule has 1 aromatic heterocycles. The summed E-state index contributed by atoms with van der Waals surface area (Å²) >= 11 is 6.86. The lowest BCUT2D eigenvalue weighted by Crippen LogP contribution is -2.47. The molecule has 0 saturated carbocycles. The van der Waals surface area contributed by atoms with Crippen LogP contribution in [0.5, 0.6) is 0 Å². The van der Waals surface area contributed by atoms with Gasteiger partial charge in [-0.05, 0) is 13.1 Å². The minimum atomic E-state index is -4.48. The van der Waals surface area contributed by atoms with Gasteiger partial charge in [-0.3, -0.25) is 4.79 Å². The molecule has 22 heavy (non-hydrogen) atoms. The van der Waals surface area contributed by atoms with Crippen LogP contribution in [0.15, 0.2) is 17.3 Å². The maximum atomic E-state index is 12.5. The van der Waals surface area contributed by atoms with E-state index in [0.29, 0.717) is 13.1 Å². The highest BCUT2D eigenvalue weighted by Crippen LogP contribution is 2.33. The van der Waals surface area contributed by atoms with Crippen molar-refractivity contribution >= 4 is 29.3 Å². The first-order chi connectivity index (χ1) is 10.3. The van der Waals surface area contributed by atoms with Crippen LogP contribution in [0.1, 0.15) is 5.56 Å². The molecule has 1 aromatic rings. The Hall–Kier alpha value is -0.990. The number of rotatable bonds is 3. The maximum absolute atomic E-state index is 12.5. The summed E-state index contributed by atoms with van der Waals surface area (Å²) < 4.78 is 37.6. The number of thioether (sulfide) groups is 1. The van der Waals surface area contributed by atoms with Crippen molar-refractivity contribution in [1.82, 2.24) is 14.8 Å². The topological polar surface area (TPSA) is 36.4 Å². The third kappa shape index (κ3) is 4.50. The van der Waals surface area contributed by atoms with Crippen LogP contribution < -0.4 is 0 Å². The van der Waals surface area contributed by atoms with E-state index in [4.69, 9.17) is 11.6 Å². The van der Waals surface area contributed by atoms with E-state index >= 15 is 0 Å². The molecule has 2 rings (SSSR count). The first-order valence-corrected chi connectivity index (χ1v) is 7.95. The van der Waals surface area contributed by atoms with Gasteiger partial charge in [0.25, 0.3) is 0 Å². The molecule has 0 aromatic carbocycles. The van der Waals surface area contributed by atoms with Crippen LogP contribution in [-0.2, 0) is 11.0 Å². The van der Waals surface area contributed by atoms with Crippen molar-refractivity contribution < 1.29 is 18.0 Å².